The van der Waals surface area contributed by atoms with Crippen molar-refractivity contribution in [3.05, 3.63) is 59.2 Å². The van der Waals surface area contributed by atoms with E-state index in [-0.39, 0.29) is 5.92 Å². The summed E-state index contributed by atoms with van der Waals surface area (Å²) in [5.74, 6) is 1.75. The van der Waals surface area contributed by atoms with Gasteiger partial charge in [0.1, 0.15) is 5.82 Å². The lowest BCUT2D eigenvalue weighted by atomic mass is 9.98. The van der Waals surface area contributed by atoms with Crippen LogP contribution in [0.15, 0.2) is 47.8 Å². The Labute approximate surface area is 121 Å². The van der Waals surface area contributed by atoms with Crippen molar-refractivity contribution in [2.24, 2.45) is 12.8 Å². The summed E-state index contributed by atoms with van der Waals surface area (Å²) in [4.78, 5) is 5.76. The highest BCUT2D eigenvalue weighted by atomic mass is 32.1. The van der Waals surface area contributed by atoms with Gasteiger partial charge in [-0.3, -0.25) is 4.68 Å². The Kier molecular flexibility index (Phi) is 3.62. The van der Waals surface area contributed by atoms with Gasteiger partial charge in [-0.1, -0.05) is 36.4 Å². The van der Waals surface area contributed by atoms with Crippen LogP contribution in [-0.2, 0) is 7.05 Å². The number of rotatable bonds is 4. The highest BCUT2D eigenvalue weighted by molar-refractivity contribution is 7.13. The summed E-state index contributed by atoms with van der Waals surface area (Å²) in [7, 11) is 1.92. The van der Waals surface area contributed by atoms with Crippen molar-refractivity contribution < 1.29 is 0 Å². The third-order valence-electron chi connectivity index (χ3n) is 3.29. The molecule has 0 saturated carbocycles. The molecule has 102 valence electrons. The second-order valence-corrected chi connectivity index (χ2v) is 5.54. The third kappa shape index (κ3) is 2.37. The zero-order chi connectivity index (χ0) is 13.9. The van der Waals surface area contributed by atoms with Crippen molar-refractivity contribution in [2.75, 3.05) is 6.54 Å². The van der Waals surface area contributed by atoms with E-state index in [0.29, 0.717) is 6.54 Å². The summed E-state index contributed by atoms with van der Waals surface area (Å²) < 4.78 is 1.83. The number of benzene rings is 1. The molecule has 0 amide bonds. The molecule has 3 rings (SSSR count). The van der Waals surface area contributed by atoms with Crippen LogP contribution in [-0.4, -0.2) is 21.3 Å². The molecule has 0 radical (unpaired) electrons. The van der Waals surface area contributed by atoms with Crippen LogP contribution in [0.1, 0.15) is 17.3 Å². The maximum atomic E-state index is 5.96. The summed E-state index contributed by atoms with van der Waals surface area (Å²) >= 11 is 1.64. The first-order valence-electron chi connectivity index (χ1n) is 6.49. The maximum Gasteiger partial charge on any atom is 0.191 e. The molecule has 2 heterocycles. The van der Waals surface area contributed by atoms with Gasteiger partial charge in [0.25, 0.3) is 0 Å². The van der Waals surface area contributed by atoms with Gasteiger partial charge < -0.3 is 5.73 Å². The molecule has 0 aliphatic carbocycles. The average Bonchev–Trinajstić information content (AvgIpc) is 3.11. The monoisotopic (exact) mass is 284 g/mol. The number of aromatic nitrogens is 3. The van der Waals surface area contributed by atoms with E-state index in [0.717, 1.165) is 16.5 Å². The Morgan fingerprint density at radius 2 is 2.00 bits per heavy atom. The fourth-order valence-corrected chi connectivity index (χ4v) is 2.94. The lowest BCUT2D eigenvalue weighted by Gasteiger charge is -2.13. The number of thiophene rings is 1. The molecule has 20 heavy (non-hydrogen) atoms. The van der Waals surface area contributed by atoms with Crippen LogP contribution in [0.25, 0.3) is 10.7 Å². The van der Waals surface area contributed by atoms with Gasteiger partial charge in [-0.25, -0.2) is 4.98 Å². The Bertz CT molecular complexity index is 673. The van der Waals surface area contributed by atoms with Crippen molar-refractivity contribution in [2.45, 2.75) is 5.92 Å². The molecule has 0 spiro atoms. The molecule has 2 N–H and O–H groups in total. The van der Waals surface area contributed by atoms with Crippen LogP contribution in [0.5, 0.6) is 0 Å². The van der Waals surface area contributed by atoms with E-state index in [4.69, 9.17) is 5.73 Å². The molecule has 4 nitrogen and oxygen atoms in total. The predicted octanol–water partition coefficient (Wildman–Crippen LogP) is 2.63. The molecule has 1 aromatic carbocycles. The molecule has 1 atom stereocenters. The van der Waals surface area contributed by atoms with Crippen molar-refractivity contribution in [1.29, 1.82) is 0 Å². The van der Waals surface area contributed by atoms with Crippen LogP contribution in [0, 0.1) is 0 Å². The van der Waals surface area contributed by atoms with Crippen molar-refractivity contribution in [3.8, 4) is 10.7 Å². The lowest BCUT2D eigenvalue weighted by molar-refractivity contribution is 0.650. The van der Waals surface area contributed by atoms with E-state index in [1.54, 1.807) is 11.3 Å². The molecular formula is C15H16N4S. The predicted molar refractivity (Wildman–Crippen MR) is 81.7 cm³/mol. The van der Waals surface area contributed by atoms with Crippen LogP contribution in [0.2, 0.25) is 0 Å². The van der Waals surface area contributed by atoms with Crippen LogP contribution < -0.4 is 5.73 Å². The quantitative estimate of drug-likeness (QED) is 0.801. The Balaban J connectivity index is 2.01. The largest absolute Gasteiger partial charge is 0.329 e. The fourth-order valence-electron chi connectivity index (χ4n) is 2.29. The van der Waals surface area contributed by atoms with Gasteiger partial charge >= 0.3 is 0 Å². The van der Waals surface area contributed by atoms with Gasteiger partial charge in [0.15, 0.2) is 5.82 Å². The minimum atomic E-state index is 0.0717. The minimum Gasteiger partial charge on any atom is -0.329 e. The number of hydrogen-bond acceptors (Lipinski definition) is 4. The summed E-state index contributed by atoms with van der Waals surface area (Å²) in [5.41, 5.74) is 7.12. The molecule has 0 aliphatic rings. The second kappa shape index (κ2) is 5.56. The second-order valence-electron chi connectivity index (χ2n) is 4.59. The SMILES string of the molecule is Cn1nc(-c2cccs2)nc1C(CN)c1ccccc1. The lowest BCUT2D eigenvalue weighted by Crippen LogP contribution is -2.18. The van der Waals surface area contributed by atoms with Gasteiger partial charge in [0.2, 0.25) is 0 Å². The van der Waals surface area contributed by atoms with Gasteiger partial charge in [-0.2, -0.15) is 5.10 Å². The topological polar surface area (TPSA) is 56.7 Å². The van der Waals surface area contributed by atoms with E-state index in [1.807, 2.05) is 47.4 Å². The number of nitrogens with zero attached hydrogens (tertiary/aromatic N) is 3. The molecule has 0 saturated heterocycles. The first kappa shape index (κ1) is 13.0. The van der Waals surface area contributed by atoms with E-state index in [9.17, 15) is 0 Å². The molecule has 5 heteroatoms. The molecule has 0 bridgehead atoms. The molecule has 1 unspecified atom stereocenters. The average molecular weight is 284 g/mol. The Morgan fingerprint density at radius 3 is 2.65 bits per heavy atom. The Hall–Kier alpha value is -1.98. The van der Waals surface area contributed by atoms with E-state index < -0.39 is 0 Å². The number of nitrogens with two attached hydrogens (primary N) is 1. The summed E-state index contributed by atoms with van der Waals surface area (Å²) in [6, 6.07) is 14.2. The van der Waals surface area contributed by atoms with Gasteiger partial charge in [-0.05, 0) is 17.0 Å². The van der Waals surface area contributed by atoms with Gasteiger partial charge in [0, 0.05) is 13.6 Å². The fraction of sp³-hybridized carbons (Fsp3) is 0.200. The third-order valence-corrected chi connectivity index (χ3v) is 4.15. The maximum absolute atomic E-state index is 5.96. The van der Waals surface area contributed by atoms with Crippen LogP contribution in [0.3, 0.4) is 0 Å². The first-order valence-corrected chi connectivity index (χ1v) is 7.37. The van der Waals surface area contributed by atoms with Crippen molar-refractivity contribution in [3.63, 3.8) is 0 Å². The molecule has 0 fully saturated rings. The van der Waals surface area contributed by atoms with Crippen LogP contribution in [0.4, 0.5) is 0 Å². The normalized spacial score (nSPS) is 12.5. The zero-order valence-corrected chi connectivity index (χ0v) is 12.0. The highest BCUT2D eigenvalue weighted by Crippen LogP contribution is 2.26. The Morgan fingerprint density at radius 1 is 1.20 bits per heavy atom. The summed E-state index contributed by atoms with van der Waals surface area (Å²) in [6.45, 7) is 0.514. The van der Waals surface area contributed by atoms with Gasteiger partial charge in [-0.15, -0.1) is 11.3 Å². The van der Waals surface area contributed by atoms with E-state index in [1.165, 1.54) is 5.56 Å². The molecule has 2 aromatic heterocycles. The number of aryl methyl sites for hydroxylation is 1. The number of hydrogen-bond donors (Lipinski definition) is 1. The van der Waals surface area contributed by atoms with E-state index >= 15 is 0 Å². The van der Waals surface area contributed by atoms with Crippen molar-refractivity contribution in [1.82, 2.24) is 14.8 Å². The zero-order valence-electron chi connectivity index (χ0n) is 11.2. The molecule has 3 aromatic rings. The summed E-state index contributed by atoms with van der Waals surface area (Å²) in [5, 5.41) is 6.54. The molecule has 0 aliphatic heterocycles. The van der Waals surface area contributed by atoms with Crippen molar-refractivity contribution >= 4 is 11.3 Å². The minimum absolute atomic E-state index is 0.0717. The highest BCUT2D eigenvalue weighted by Gasteiger charge is 2.20. The van der Waals surface area contributed by atoms with Gasteiger partial charge in [0.05, 0.1) is 10.8 Å². The standard InChI is InChI=1S/C15H16N4S/c1-19-15(12(10-16)11-6-3-2-4-7-11)17-14(18-19)13-8-5-9-20-13/h2-9,12H,10,16H2,1H3. The van der Waals surface area contributed by atoms with E-state index in [2.05, 4.69) is 22.2 Å². The van der Waals surface area contributed by atoms with Crippen LogP contribution >= 0.6 is 11.3 Å². The summed E-state index contributed by atoms with van der Waals surface area (Å²) in [6.07, 6.45) is 0. The first-order chi connectivity index (χ1) is 9.79. The molecular weight excluding hydrogens is 268 g/mol. The smallest absolute Gasteiger partial charge is 0.191 e.